The largest absolute Gasteiger partial charge is 0.494 e. The van der Waals surface area contributed by atoms with Crippen molar-refractivity contribution in [2.75, 3.05) is 17.5 Å². The summed E-state index contributed by atoms with van der Waals surface area (Å²) in [6.07, 6.45) is 0.571. The summed E-state index contributed by atoms with van der Waals surface area (Å²) >= 11 is 0. The molecule has 34 heavy (non-hydrogen) atoms. The van der Waals surface area contributed by atoms with Crippen LogP contribution in [0.4, 0.5) is 10.1 Å². The molecule has 0 aliphatic heterocycles. The highest BCUT2D eigenvalue weighted by atomic mass is 32.2. The molecule has 8 heteroatoms. The molecular weight excluding hydrogens is 455 g/mol. The van der Waals surface area contributed by atoms with Gasteiger partial charge in [-0.25, -0.2) is 12.8 Å². The van der Waals surface area contributed by atoms with Crippen LogP contribution in [-0.2, 0) is 21.2 Å². The van der Waals surface area contributed by atoms with Crippen molar-refractivity contribution < 1.29 is 22.3 Å². The summed E-state index contributed by atoms with van der Waals surface area (Å²) in [4.78, 5) is 13.0. The number of rotatable bonds is 10. The quantitative estimate of drug-likeness (QED) is 0.458. The van der Waals surface area contributed by atoms with Crippen molar-refractivity contribution in [3.8, 4) is 5.75 Å². The van der Waals surface area contributed by atoms with Crippen LogP contribution in [0.5, 0.6) is 5.75 Å². The predicted octanol–water partition coefficient (Wildman–Crippen LogP) is 4.56. The van der Waals surface area contributed by atoms with E-state index in [1.807, 2.05) is 51.1 Å². The third-order valence-electron chi connectivity index (χ3n) is 5.09. The summed E-state index contributed by atoms with van der Waals surface area (Å²) in [5.41, 5.74) is 0.618. The zero-order valence-electron chi connectivity index (χ0n) is 19.5. The molecule has 0 aromatic heterocycles. The van der Waals surface area contributed by atoms with Crippen molar-refractivity contribution >= 4 is 21.6 Å². The number of ether oxygens (including phenoxy) is 1. The average molecular weight is 485 g/mol. The number of sulfonamides is 1. The molecule has 180 valence electrons. The van der Waals surface area contributed by atoms with Gasteiger partial charge < -0.3 is 10.1 Å². The Labute approximate surface area is 200 Å². The minimum absolute atomic E-state index is 0.00313. The molecule has 0 atom stereocenters. The fourth-order valence-corrected chi connectivity index (χ4v) is 5.04. The van der Waals surface area contributed by atoms with Crippen LogP contribution in [0.1, 0.15) is 26.3 Å². The molecule has 0 fully saturated rings. The van der Waals surface area contributed by atoms with Gasteiger partial charge in [0, 0.05) is 5.54 Å². The molecule has 1 N–H and O–H groups in total. The molecule has 3 aromatic carbocycles. The van der Waals surface area contributed by atoms with Crippen LogP contribution in [0.25, 0.3) is 0 Å². The molecule has 0 saturated carbocycles. The number of hydrogen-bond acceptors (Lipinski definition) is 4. The lowest BCUT2D eigenvalue weighted by Crippen LogP contribution is -2.50. The average Bonchev–Trinajstić information content (AvgIpc) is 2.79. The lowest BCUT2D eigenvalue weighted by molar-refractivity contribution is -0.121. The number of carbonyl (C=O) groups is 1. The number of benzene rings is 3. The van der Waals surface area contributed by atoms with Gasteiger partial charge in [-0.2, -0.15) is 0 Å². The van der Waals surface area contributed by atoms with Crippen molar-refractivity contribution in [2.45, 2.75) is 37.6 Å². The van der Waals surface area contributed by atoms with E-state index in [9.17, 15) is 17.6 Å². The lowest BCUT2D eigenvalue weighted by Gasteiger charge is -2.29. The molecule has 0 aliphatic rings. The SMILES string of the molecule is CCOc1ccc(S(=O)(=O)N(CC(=O)NC(C)(C)Cc2ccccc2)c2ccc(F)cc2)cc1. The molecule has 0 saturated heterocycles. The van der Waals surface area contributed by atoms with E-state index in [-0.39, 0.29) is 10.6 Å². The first-order valence-electron chi connectivity index (χ1n) is 11.0. The van der Waals surface area contributed by atoms with E-state index >= 15 is 0 Å². The standard InChI is InChI=1S/C26H29FN2O4S/c1-4-33-23-14-16-24(17-15-23)34(31,32)29(22-12-10-21(27)11-13-22)19-25(30)28-26(2,3)18-20-8-6-5-7-9-20/h5-17H,4,18-19H2,1-3H3,(H,28,30). The van der Waals surface area contributed by atoms with Gasteiger partial charge >= 0.3 is 0 Å². The van der Waals surface area contributed by atoms with Crippen LogP contribution >= 0.6 is 0 Å². The molecule has 3 aromatic rings. The van der Waals surface area contributed by atoms with Gasteiger partial charge in [-0.05, 0) is 81.3 Å². The highest BCUT2D eigenvalue weighted by Gasteiger charge is 2.29. The highest BCUT2D eigenvalue weighted by Crippen LogP contribution is 2.25. The summed E-state index contributed by atoms with van der Waals surface area (Å²) in [5.74, 6) is -0.439. The molecule has 3 rings (SSSR count). The maximum absolute atomic E-state index is 13.5. The molecule has 1 amide bonds. The summed E-state index contributed by atoms with van der Waals surface area (Å²) in [5, 5.41) is 2.93. The Kier molecular flexibility index (Phi) is 7.94. The van der Waals surface area contributed by atoms with Gasteiger partial charge in [0.1, 0.15) is 18.1 Å². The summed E-state index contributed by atoms with van der Waals surface area (Å²) in [6, 6.07) is 20.7. The first-order valence-corrected chi connectivity index (χ1v) is 12.4. The summed E-state index contributed by atoms with van der Waals surface area (Å²) in [7, 11) is -4.11. The van der Waals surface area contributed by atoms with E-state index in [0.717, 1.165) is 22.0 Å². The second kappa shape index (κ2) is 10.7. The van der Waals surface area contributed by atoms with Crippen molar-refractivity contribution in [3.63, 3.8) is 0 Å². The van der Waals surface area contributed by atoms with Crippen LogP contribution in [0.3, 0.4) is 0 Å². The molecule has 0 bridgehead atoms. The van der Waals surface area contributed by atoms with Crippen LogP contribution in [0.15, 0.2) is 83.8 Å². The van der Waals surface area contributed by atoms with Crippen molar-refractivity contribution in [2.24, 2.45) is 0 Å². The molecule has 0 heterocycles. The van der Waals surface area contributed by atoms with Crippen LogP contribution < -0.4 is 14.4 Å². The van der Waals surface area contributed by atoms with E-state index in [4.69, 9.17) is 4.74 Å². The molecule has 0 unspecified atom stereocenters. The first-order chi connectivity index (χ1) is 16.1. The first kappa shape index (κ1) is 25.2. The molecule has 0 aliphatic carbocycles. The van der Waals surface area contributed by atoms with E-state index < -0.39 is 33.8 Å². The zero-order chi connectivity index (χ0) is 24.8. The Morgan fingerprint density at radius 2 is 1.59 bits per heavy atom. The summed E-state index contributed by atoms with van der Waals surface area (Å²) in [6.45, 7) is 5.58. The van der Waals surface area contributed by atoms with E-state index in [1.54, 1.807) is 12.1 Å². The lowest BCUT2D eigenvalue weighted by atomic mass is 9.95. The van der Waals surface area contributed by atoms with Crippen molar-refractivity contribution in [1.29, 1.82) is 0 Å². The van der Waals surface area contributed by atoms with E-state index in [0.29, 0.717) is 18.8 Å². The van der Waals surface area contributed by atoms with Gasteiger partial charge in [-0.3, -0.25) is 9.10 Å². The number of nitrogens with zero attached hydrogens (tertiary/aromatic N) is 1. The Morgan fingerprint density at radius 1 is 0.971 bits per heavy atom. The van der Waals surface area contributed by atoms with Gasteiger partial charge in [0.15, 0.2) is 0 Å². The Balaban J connectivity index is 1.85. The third-order valence-corrected chi connectivity index (χ3v) is 6.88. The smallest absolute Gasteiger partial charge is 0.264 e. The van der Waals surface area contributed by atoms with Crippen molar-refractivity contribution in [1.82, 2.24) is 5.32 Å². The van der Waals surface area contributed by atoms with E-state index in [1.165, 1.54) is 24.3 Å². The Morgan fingerprint density at radius 3 is 2.18 bits per heavy atom. The Bertz CT molecular complexity index is 1200. The van der Waals surface area contributed by atoms with Crippen LogP contribution in [0, 0.1) is 5.82 Å². The number of carbonyl (C=O) groups excluding carboxylic acids is 1. The zero-order valence-corrected chi connectivity index (χ0v) is 20.3. The van der Waals surface area contributed by atoms with Gasteiger partial charge in [-0.1, -0.05) is 30.3 Å². The van der Waals surface area contributed by atoms with Gasteiger partial charge in [-0.15, -0.1) is 0 Å². The van der Waals surface area contributed by atoms with Gasteiger partial charge in [0.25, 0.3) is 10.0 Å². The van der Waals surface area contributed by atoms with Crippen molar-refractivity contribution in [3.05, 3.63) is 90.2 Å². The van der Waals surface area contributed by atoms with Gasteiger partial charge in [0.05, 0.1) is 17.2 Å². The third kappa shape index (κ3) is 6.57. The maximum atomic E-state index is 13.5. The maximum Gasteiger partial charge on any atom is 0.264 e. The topological polar surface area (TPSA) is 75.7 Å². The van der Waals surface area contributed by atoms with Crippen LogP contribution in [-0.4, -0.2) is 33.0 Å². The second-order valence-corrected chi connectivity index (χ2v) is 10.3. The minimum atomic E-state index is -4.11. The van der Waals surface area contributed by atoms with Crippen LogP contribution in [0.2, 0.25) is 0 Å². The molecular formula is C26H29FN2O4S. The fourth-order valence-electron chi connectivity index (χ4n) is 3.62. The number of anilines is 1. The van der Waals surface area contributed by atoms with E-state index in [2.05, 4.69) is 5.32 Å². The molecule has 0 spiro atoms. The number of hydrogen-bond donors (Lipinski definition) is 1. The number of nitrogens with one attached hydrogen (secondary N) is 1. The monoisotopic (exact) mass is 484 g/mol. The number of amides is 1. The fraction of sp³-hybridized carbons (Fsp3) is 0.269. The normalized spacial score (nSPS) is 11.6. The predicted molar refractivity (Wildman–Crippen MR) is 131 cm³/mol. The highest BCUT2D eigenvalue weighted by molar-refractivity contribution is 7.92. The second-order valence-electron chi connectivity index (χ2n) is 8.49. The molecule has 0 radical (unpaired) electrons. The van der Waals surface area contributed by atoms with Gasteiger partial charge in [0.2, 0.25) is 5.91 Å². The number of halogens is 1. The minimum Gasteiger partial charge on any atom is -0.494 e. The summed E-state index contributed by atoms with van der Waals surface area (Å²) < 4.78 is 46.9. The Hall–Kier alpha value is -3.39. The molecule has 6 nitrogen and oxygen atoms in total.